The summed E-state index contributed by atoms with van der Waals surface area (Å²) in [7, 11) is 0. The highest BCUT2D eigenvalue weighted by Crippen LogP contribution is 2.28. The number of carbonyl (C=O) groups is 1. The Hall–Kier alpha value is -2.45. The van der Waals surface area contributed by atoms with Gasteiger partial charge in [-0.1, -0.05) is 6.07 Å². The molecule has 18 heavy (non-hydrogen) atoms. The Morgan fingerprint density at radius 1 is 1.33 bits per heavy atom. The summed E-state index contributed by atoms with van der Waals surface area (Å²) in [5.74, 6) is -2.57. The summed E-state index contributed by atoms with van der Waals surface area (Å²) in [4.78, 5) is 17.9. The van der Waals surface area contributed by atoms with Crippen LogP contribution in [0, 0.1) is 0 Å². The minimum Gasteiger partial charge on any atom is -0.384 e. The van der Waals surface area contributed by atoms with Crippen molar-refractivity contribution in [3.63, 3.8) is 0 Å². The number of nitrogens with zero attached hydrogens (tertiary/aromatic N) is 3. The zero-order valence-corrected chi connectivity index (χ0v) is 8.51. The van der Waals surface area contributed by atoms with Crippen molar-refractivity contribution in [3.8, 4) is 6.01 Å². The van der Waals surface area contributed by atoms with E-state index in [4.69, 9.17) is 0 Å². The molecule has 0 bridgehead atoms. The number of halogens is 3. The second-order valence-electron chi connectivity index (χ2n) is 2.98. The van der Waals surface area contributed by atoms with E-state index in [1.807, 2.05) is 0 Å². The maximum Gasteiger partial charge on any atom is 0.471 e. The van der Waals surface area contributed by atoms with Gasteiger partial charge in [0.15, 0.2) is 0 Å². The lowest BCUT2D eigenvalue weighted by molar-refractivity contribution is -0.159. The third-order valence-electron chi connectivity index (χ3n) is 1.71. The van der Waals surface area contributed by atoms with Crippen LogP contribution in [0.5, 0.6) is 6.01 Å². The van der Waals surface area contributed by atoms with E-state index in [0.29, 0.717) is 0 Å². The van der Waals surface area contributed by atoms with Crippen LogP contribution in [0.25, 0.3) is 0 Å². The van der Waals surface area contributed by atoms with Crippen LogP contribution in [0.4, 0.5) is 13.2 Å². The summed E-state index contributed by atoms with van der Waals surface area (Å²) >= 11 is 0. The fourth-order valence-corrected chi connectivity index (χ4v) is 0.985. The Balaban J connectivity index is 2.11. The average Bonchev–Trinajstić information content (AvgIpc) is 2.78. The summed E-state index contributed by atoms with van der Waals surface area (Å²) in [6, 6.07) is 3.58. The molecule has 0 spiro atoms. The van der Waals surface area contributed by atoms with Crippen molar-refractivity contribution in [1.82, 2.24) is 15.1 Å². The summed E-state index contributed by atoms with van der Waals surface area (Å²) in [6.07, 6.45) is -3.46. The Morgan fingerprint density at radius 2 is 2.11 bits per heavy atom. The molecule has 94 valence electrons. The lowest BCUT2D eigenvalue weighted by Gasteiger charge is -1.97. The summed E-state index contributed by atoms with van der Waals surface area (Å²) in [5.41, 5.74) is -0.0872. The molecule has 0 aromatic carbocycles. The molecule has 0 saturated heterocycles. The smallest absolute Gasteiger partial charge is 0.384 e. The van der Waals surface area contributed by atoms with Crippen molar-refractivity contribution >= 4 is 5.97 Å². The van der Waals surface area contributed by atoms with Crippen LogP contribution in [-0.4, -0.2) is 21.1 Å². The number of aromatic nitrogens is 3. The minimum absolute atomic E-state index is 0.0872. The van der Waals surface area contributed by atoms with Gasteiger partial charge in [-0.3, -0.25) is 0 Å². The van der Waals surface area contributed by atoms with Gasteiger partial charge in [-0.05, 0) is 17.3 Å². The van der Waals surface area contributed by atoms with Crippen LogP contribution in [-0.2, 0) is 6.18 Å². The first kappa shape index (κ1) is 12.0. The molecular formula is C9H4F3N3O3. The van der Waals surface area contributed by atoms with Crippen molar-refractivity contribution in [2.45, 2.75) is 6.18 Å². The average molecular weight is 259 g/mol. The predicted octanol–water partition coefficient (Wildman–Crippen LogP) is 1.70. The first-order valence-corrected chi connectivity index (χ1v) is 4.51. The lowest BCUT2D eigenvalue weighted by atomic mass is 10.4. The van der Waals surface area contributed by atoms with Crippen LogP contribution < -0.4 is 4.74 Å². The number of hydrogen-bond donors (Lipinski definition) is 0. The van der Waals surface area contributed by atoms with Gasteiger partial charge < -0.3 is 9.26 Å². The topological polar surface area (TPSA) is 78.1 Å². The highest BCUT2D eigenvalue weighted by molar-refractivity contribution is 5.88. The number of pyridine rings is 1. The number of alkyl halides is 3. The van der Waals surface area contributed by atoms with Gasteiger partial charge in [0.2, 0.25) is 0 Å². The van der Waals surface area contributed by atoms with E-state index >= 15 is 0 Å². The molecule has 6 nitrogen and oxygen atoms in total. The molecule has 0 aliphatic heterocycles. The van der Waals surface area contributed by atoms with E-state index in [1.54, 1.807) is 6.07 Å². The molecule has 0 radical (unpaired) electrons. The summed E-state index contributed by atoms with van der Waals surface area (Å²) in [5, 5.41) is 2.87. The van der Waals surface area contributed by atoms with E-state index < -0.39 is 24.0 Å². The van der Waals surface area contributed by atoms with E-state index in [2.05, 4.69) is 24.4 Å². The van der Waals surface area contributed by atoms with Crippen molar-refractivity contribution in [2.24, 2.45) is 0 Å². The molecule has 0 aliphatic rings. The van der Waals surface area contributed by atoms with Gasteiger partial charge in [0.05, 0.1) is 0 Å². The molecule has 0 fully saturated rings. The molecule has 0 saturated carbocycles. The fourth-order valence-electron chi connectivity index (χ4n) is 0.985. The van der Waals surface area contributed by atoms with Gasteiger partial charge in [-0.15, -0.1) is 4.98 Å². The van der Waals surface area contributed by atoms with E-state index in [-0.39, 0.29) is 5.69 Å². The number of rotatable bonds is 2. The van der Waals surface area contributed by atoms with Crippen LogP contribution in [0.15, 0.2) is 28.9 Å². The largest absolute Gasteiger partial charge is 0.471 e. The molecule has 2 aromatic heterocycles. The quantitative estimate of drug-likeness (QED) is 0.764. The van der Waals surface area contributed by atoms with Crippen LogP contribution in [0.2, 0.25) is 0 Å². The molecule has 9 heteroatoms. The normalized spacial score (nSPS) is 11.3. The van der Waals surface area contributed by atoms with Crippen LogP contribution in [0.1, 0.15) is 16.4 Å². The van der Waals surface area contributed by atoms with Crippen molar-refractivity contribution < 1.29 is 27.2 Å². The van der Waals surface area contributed by atoms with E-state index in [9.17, 15) is 18.0 Å². The predicted molar refractivity (Wildman–Crippen MR) is 48.5 cm³/mol. The third kappa shape index (κ3) is 2.62. The molecule has 2 heterocycles. The van der Waals surface area contributed by atoms with E-state index in [0.717, 1.165) is 0 Å². The van der Waals surface area contributed by atoms with Gasteiger partial charge in [-0.25, -0.2) is 9.78 Å². The minimum atomic E-state index is -4.79. The Morgan fingerprint density at radius 3 is 2.67 bits per heavy atom. The fraction of sp³-hybridized carbons (Fsp3) is 0.111. The van der Waals surface area contributed by atoms with Gasteiger partial charge in [0.1, 0.15) is 5.69 Å². The second-order valence-corrected chi connectivity index (χ2v) is 2.98. The maximum atomic E-state index is 12.1. The molecule has 0 aliphatic carbocycles. The van der Waals surface area contributed by atoms with Crippen molar-refractivity contribution in [2.75, 3.05) is 0 Å². The van der Waals surface area contributed by atoms with Crippen molar-refractivity contribution in [1.29, 1.82) is 0 Å². The lowest BCUT2D eigenvalue weighted by Crippen LogP contribution is -2.11. The first-order valence-electron chi connectivity index (χ1n) is 4.51. The van der Waals surface area contributed by atoms with Gasteiger partial charge >= 0.3 is 24.0 Å². The Labute approximate surface area is 97.4 Å². The van der Waals surface area contributed by atoms with Crippen LogP contribution >= 0.6 is 0 Å². The molecule has 2 aromatic rings. The number of hydrogen-bond acceptors (Lipinski definition) is 6. The Kier molecular flexibility index (Phi) is 2.96. The second kappa shape index (κ2) is 4.43. The molecule has 0 atom stereocenters. The standard InChI is InChI=1S/C9H4F3N3O3/c10-9(11,12)7-14-8(15-18-7)17-6(16)5-3-1-2-4-13-5/h1-4H. The summed E-state index contributed by atoms with van der Waals surface area (Å²) in [6.45, 7) is 0. The van der Waals surface area contributed by atoms with Crippen LogP contribution in [0.3, 0.4) is 0 Å². The first-order chi connectivity index (χ1) is 8.47. The molecule has 0 amide bonds. The van der Waals surface area contributed by atoms with Crippen molar-refractivity contribution in [3.05, 3.63) is 36.0 Å². The number of esters is 1. The Bertz CT molecular complexity index is 553. The maximum absolute atomic E-state index is 12.1. The number of ether oxygens (including phenoxy) is 1. The number of carbonyl (C=O) groups excluding carboxylic acids is 1. The molecule has 2 rings (SSSR count). The van der Waals surface area contributed by atoms with Gasteiger partial charge in [0, 0.05) is 6.20 Å². The summed E-state index contributed by atoms with van der Waals surface area (Å²) < 4.78 is 44.7. The molecule has 0 unspecified atom stereocenters. The molecular weight excluding hydrogens is 255 g/mol. The zero-order valence-electron chi connectivity index (χ0n) is 8.51. The van der Waals surface area contributed by atoms with Gasteiger partial charge in [-0.2, -0.15) is 13.2 Å². The highest BCUT2D eigenvalue weighted by atomic mass is 19.4. The highest BCUT2D eigenvalue weighted by Gasteiger charge is 2.39. The van der Waals surface area contributed by atoms with E-state index in [1.165, 1.54) is 18.3 Å². The SMILES string of the molecule is O=C(Oc1noc(C(F)(F)F)n1)c1ccccn1. The molecule has 0 N–H and O–H groups in total. The monoisotopic (exact) mass is 259 g/mol. The zero-order chi connectivity index (χ0) is 13.2. The van der Waals surface area contributed by atoms with Gasteiger partial charge in [0.25, 0.3) is 0 Å². The third-order valence-corrected chi connectivity index (χ3v) is 1.71.